The van der Waals surface area contributed by atoms with E-state index in [0.29, 0.717) is 16.5 Å². The van der Waals surface area contributed by atoms with Crippen LogP contribution >= 0.6 is 11.8 Å². The molecule has 0 aliphatic rings. The summed E-state index contributed by atoms with van der Waals surface area (Å²) in [6.07, 6.45) is 4.23. The van der Waals surface area contributed by atoms with E-state index in [1.54, 1.807) is 24.5 Å². The second-order valence-corrected chi connectivity index (χ2v) is 5.91. The number of aromatic amines is 1. The van der Waals surface area contributed by atoms with Crippen LogP contribution in [0.1, 0.15) is 22.8 Å². The Hall–Kier alpha value is -2.47. The maximum atomic E-state index is 12.0. The number of carbonyl (C=O) groups excluding carboxylic acids is 1. The van der Waals surface area contributed by atoms with E-state index in [2.05, 4.69) is 39.2 Å². The van der Waals surface area contributed by atoms with Crippen LogP contribution in [-0.2, 0) is 6.42 Å². The Kier molecular flexibility index (Phi) is 4.83. The summed E-state index contributed by atoms with van der Waals surface area (Å²) in [5.74, 6) is 1.02. The minimum atomic E-state index is 0.0155. The number of aryl methyl sites for hydroxylation is 1. The lowest BCUT2D eigenvalue weighted by atomic mass is 10.1. The highest BCUT2D eigenvalue weighted by Gasteiger charge is 2.10. The molecule has 2 aromatic heterocycles. The number of nitrogens with one attached hydrogen (secondary N) is 1. The third-order valence-corrected chi connectivity index (χ3v) is 4.26. The Bertz CT molecular complexity index is 784. The maximum absolute atomic E-state index is 12.0. The lowest BCUT2D eigenvalue weighted by molar-refractivity contribution is 0.102. The van der Waals surface area contributed by atoms with Crippen molar-refractivity contribution in [3.8, 4) is 11.4 Å². The van der Waals surface area contributed by atoms with Gasteiger partial charge in [0.2, 0.25) is 5.16 Å². The van der Waals surface area contributed by atoms with Crippen molar-refractivity contribution in [2.45, 2.75) is 18.5 Å². The Balaban J connectivity index is 1.64. The molecule has 1 aromatic carbocycles. The largest absolute Gasteiger partial charge is 0.293 e. The molecule has 0 radical (unpaired) electrons. The van der Waals surface area contributed by atoms with E-state index in [1.165, 1.54) is 17.3 Å². The summed E-state index contributed by atoms with van der Waals surface area (Å²) in [6, 6.07) is 11.7. The summed E-state index contributed by atoms with van der Waals surface area (Å²) in [6.45, 7) is 2.12. The zero-order valence-electron chi connectivity index (χ0n) is 12.7. The Morgan fingerprint density at radius 1 is 1.22 bits per heavy atom. The molecule has 0 saturated heterocycles. The molecule has 23 heavy (non-hydrogen) atoms. The number of aromatic nitrogens is 4. The topological polar surface area (TPSA) is 71.5 Å². The van der Waals surface area contributed by atoms with Crippen LogP contribution in [0.15, 0.2) is 53.9 Å². The third-order valence-electron chi connectivity index (χ3n) is 3.42. The molecule has 6 heteroatoms. The second-order valence-electron chi connectivity index (χ2n) is 4.97. The average Bonchev–Trinajstić information content (AvgIpc) is 3.09. The summed E-state index contributed by atoms with van der Waals surface area (Å²) in [5.41, 5.74) is 2.87. The van der Waals surface area contributed by atoms with Gasteiger partial charge in [-0.05, 0) is 24.1 Å². The average molecular weight is 324 g/mol. The van der Waals surface area contributed by atoms with Crippen LogP contribution in [-0.4, -0.2) is 31.7 Å². The van der Waals surface area contributed by atoms with Gasteiger partial charge in [-0.2, -0.15) is 0 Å². The standard InChI is InChI=1S/C17H16N4OS/c1-2-12-5-7-13(8-6-12)16-19-17(21-20-16)23-11-15(22)14-4-3-9-18-10-14/h3-10H,2,11H2,1H3,(H,19,20,21). The van der Waals surface area contributed by atoms with Gasteiger partial charge in [-0.1, -0.05) is 43.0 Å². The second kappa shape index (κ2) is 7.19. The smallest absolute Gasteiger partial charge is 0.209 e. The van der Waals surface area contributed by atoms with Crippen molar-refractivity contribution in [1.29, 1.82) is 0 Å². The van der Waals surface area contributed by atoms with E-state index in [9.17, 15) is 4.79 Å². The van der Waals surface area contributed by atoms with Crippen molar-refractivity contribution in [2.75, 3.05) is 5.75 Å². The van der Waals surface area contributed by atoms with Crippen LogP contribution in [0, 0.1) is 0 Å². The summed E-state index contributed by atoms with van der Waals surface area (Å²) in [5, 5.41) is 7.64. The highest BCUT2D eigenvalue weighted by atomic mass is 32.2. The number of rotatable bonds is 6. The fourth-order valence-electron chi connectivity index (χ4n) is 2.08. The van der Waals surface area contributed by atoms with E-state index >= 15 is 0 Å². The van der Waals surface area contributed by atoms with Crippen LogP contribution < -0.4 is 0 Å². The number of Topliss-reactive ketones (excluding diaryl/α,β-unsaturated/α-hetero) is 1. The molecule has 1 N–H and O–H groups in total. The molecule has 0 fully saturated rings. The van der Waals surface area contributed by atoms with E-state index in [4.69, 9.17) is 0 Å². The molecule has 2 heterocycles. The number of hydrogen-bond acceptors (Lipinski definition) is 5. The van der Waals surface area contributed by atoms with E-state index < -0.39 is 0 Å². The quantitative estimate of drug-likeness (QED) is 0.556. The number of H-pyrrole nitrogens is 1. The molecule has 0 atom stereocenters. The molecule has 0 saturated carbocycles. The first-order chi connectivity index (χ1) is 11.3. The van der Waals surface area contributed by atoms with Gasteiger partial charge >= 0.3 is 0 Å². The molecule has 0 aliphatic heterocycles. The fraction of sp³-hybridized carbons (Fsp3) is 0.176. The van der Waals surface area contributed by atoms with Gasteiger partial charge in [-0.3, -0.25) is 14.9 Å². The molecule has 3 rings (SSSR count). The first-order valence-corrected chi connectivity index (χ1v) is 8.32. The lowest BCUT2D eigenvalue weighted by Gasteiger charge is -1.98. The zero-order chi connectivity index (χ0) is 16.1. The van der Waals surface area contributed by atoms with Gasteiger partial charge in [-0.25, -0.2) is 4.98 Å². The van der Waals surface area contributed by atoms with Crippen LogP contribution in [0.25, 0.3) is 11.4 Å². The predicted octanol–water partition coefficient (Wildman–Crippen LogP) is 3.40. The van der Waals surface area contributed by atoms with Gasteiger partial charge in [-0.15, -0.1) is 5.10 Å². The van der Waals surface area contributed by atoms with Crippen LogP contribution in [0.5, 0.6) is 0 Å². The minimum Gasteiger partial charge on any atom is -0.293 e. The fourth-order valence-corrected chi connectivity index (χ4v) is 2.77. The monoisotopic (exact) mass is 324 g/mol. The van der Waals surface area contributed by atoms with Crippen LogP contribution in [0.4, 0.5) is 0 Å². The summed E-state index contributed by atoms with van der Waals surface area (Å²) in [4.78, 5) is 20.4. The minimum absolute atomic E-state index is 0.0155. The molecule has 0 bridgehead atoms. The number of hydrogen-bond donors (Lipinski definition) is 1. The van der Waals surface area contributed by atoms with E-state index in [-0.39, 0.29) is 11.5 Å². The molecule has 0 spiro atoms. The molecule has 0 amide bonds. The van der Waals surface area contributed by atoms with Gasteiger partial charge in [0.25, 0.3) is 0 Å². The third kappa shape index (κ3) is 3.84. The number of thioether (sulfide) groups is 1. The normalized spacial score (nSPS) is 10.7. The first-order valence-electron chi connectivity index (χ1n) is 7.34. The van der Waals surface area contributed by atoms with Crippen molar-refractivity contribution in [3.05, 3.63) is 59.9 Å². The first kappa shape index (κ1) is 15.4. The van der Waals surface area contributed by atoms with Crippen molar-refractivity contribution in [3.63, 3.8) is 0 Å². The molecule has 3 aromatic rings. The Morgan fingerprint density at radius 2 is 2.04 bits per heavy atom. The van der Waals surface area contributed by atoms with Gasteiger partial charge in [0, 0.05) is 23.5 Å². The van der Waals surface area contributed by atoms with E-state index in [0.717, 1.165) is 12.0 Å². The summed E-state index contributed by atoms with van der Waals surface area (Å²) in [7, 11) is 0. The lowest BCUT2D eigenvalue weighted by Crippen LogP contribution is -2.02. The number of nitrogens with zero attached hydrogens (tertiary/aromatic N) is 3. The van der Waals surface area contributed by atoms with Gasteiger partial charge in [0.1, 0.15) is 0 Å². The van der Waals surface area contributed by atoms with Crippen LogP contribution in [0.2, 0.25) is 0 Å². The highest BCUT2D eigenvalue weighted by molar-refractivity contribution is 7.99. The predicted molar refractivity (Wildman–Crippen MR) is 90.5 cm³/mol. The van der Waals surface area contributed by atoms with Gasteiger partial charge in [0.15, 0.2) is 11.6 Å². The zero-order valence-corrected chi connectivity index (χ0v) is 13.5. The molecule has 116 valence electrons. The van der Waals surface area contributed by atoms with Gasteiger partial charge in [0.05, 0.1) is 5.75 Å². The number of ketones is 1. The van der Waals surface area contributed by atoms with Gasteiger partial charge < -0.3 is 0 Å². The Labute approximate surface area is 138 Å². The molecule has 0 unspecified atom stereocenters. The number of carbonyl (C=O) groups is 1. The SMILES string of the molecule is CCc1ccc(-c2nc(SCC(=O)c3cccnc3)n[nH]2)cc1. The van der Waals surface area contributed by atoms with Crippen LogP contribution in [0.3, 0.4) is 0 Å². The van der Waals surface area contributed by atoms with Crippen molar-refractivity contribution >= 4 is 17.5 Å². The van der Waals surface area contributed by atoms with Crippen molar-refractivity contribution in [2.24, 2.45) is 0 Å². The maximum Gasteiger partial charge on any atom is 0.209 e. The van der Waals surface area contributed by atoms with E-state index in [1.807, 2.05) is 12.1 Å². The number of benzene rings is 1. The highest BCUT2D eigenvalue weighted by Crippen LogP contribution is 2.20. The van der Waals surface area contributed by atoms with Crippen molar-refractivity contribution < 1.29 is 4.79 Å². The molecule has 0 aliphatic carbocycles. The van der Waals surface area contributed by atoms with Crippen molar-refractivity contribution in [1.82, 2.24) is 20.2 Å². The summed E-state index contributed by atoms with van der Waals surface area (Å²) >= 11 is 1.32. The molecule has 5 nitrogen and oxygen atoms in total. The Morgan fingerprint density at radius 3 is 2.74 bits per heavy atom. The number of pyridine rings is 1. The molecular formula is C17H16N4OS. The molecular weight excluding hydrogens is 308 g/mol. The summed E-state index contributed by atoms with van der Waals surface area (Å²) < 4.78 is 0.